The Hall–Kier alpha value is -1.10. The highest BCUT2D eigenvalue weighted by Gasteiger charge is 2.33. The molecule has 2 saturated heterocycles. The van der Waals surface area contributed by atoms with Crippen LogP contribution in [-0.2, 0) is 14.3 Å². The molecule has 0 aromatic carbocycles. The standard InChI is InChI=1S/C14H23NO4/c1-10-4-6-12(19-10)14(18)15-8-2-3-11(9-15)5-7-13(16)17/h10-12H,2-9H2,1H3,(H,16,17)/t10-,11?,12-/m1/s1. The van der Waals surface area contributed by atoms with Gasteiger partial charge in [0, 0.05) is 19.5 Å². The first-order chi connectivity index (χ1) is 9.06. The molecule has 5 nitrogen and oxygen atoms in total. The Balaban J connectivity index is 1.83. The molecule has 0 spiro atoms. The summed E-state index contributed by atoms with van der Waals surface area (Å²) in [5.74, 6) is -0.326. The Morgan fingerprint density at radius 1 is 1.32 bits per heavy atom. The van der Waals surface area contributed by atoms with E-state index < -0.39 is 5.97 Å². The van der Waals surface area contributed by atoms with Crippen LogP contribution in [0.1, 0.15) is 45.4 Å². The Morgan fingerprint density at radius 2 is 2.11 bits per heavy atom. The van der Waals surface area contributed by atoms with Crippen LogP contribution < -0.4 is 0 Å². The van der Waals surface area contributed by atoms with Crippen molar-refractivity contribution in [1.82, 2.24) is 4.90 Å². The summed E-state index contributed by atoms with van der Waals surface area (Å²) < 4.78 is 5.62. The fraction of sp³-hybridized carbons (Fsp3) is 0.857. The van der Waals surface area contributed by atoms with Crippen molar-refractivity contribution in [2.45, 2.75) is 57.7 Å². The molecule has 0 aromatic rings. The van der Waals surface area contributed by atoms with Crippen LogP contribution in [-0.4, -0.2) is 47.2 Å². The molecule has 108 valence electrons. The van der Waals surface area contributed by atoms with E-state index in [0.29, 0.717) is 18.9 Å². The van der Waals surface area contributed by atoms with E-state index in [9.17, 15) is 9.59 Å². The fourth-order valence-corrected chi connectivity index (χ4v) is 3.02. The molecule has 0 bridgehead atoms. The van der Waals surface area contributed by atoms with Gasteiger partial charge in [-0.1, -0.05) is 0 Å². The second-order valence-corrected chi connectivity index (χ2v) is 5.74. The zero-order valence-corrected chi connectivity index (χ0v) is 11.5. The molecule has 0 radical (unpaired) electrons. The van der Waals surface area contributed by atoms with Crippen molar-refractivity contribution >= 4 is 11.9 Å². The van der Waals surface area contributed by atoms with Crippen molar-refractivity contribution < 1.29 is 19.4 Å². The number of ether oxygens (including phenoxy) is 1. The number of carboxylic acids is 1. The van der Waals surface area contributed by atoms with Gasteiger partial charge in [-0.2, -0.15) is 0 Å². The molecule has 0 aromatic heterocycles. The predicted octanol–water partition coefficient (Wildman–Crippen LogP) is 1.66. The SMILES string of the molecule is C[C@@H]1CC[C@H](C(=O)N2CCCC(CCC(=O)O)C2)O1. The molecule has 2 aliphatic rings. The number of carboxylic acid groups (broad SMARTS) is 1. The van der Waals surface area contributed by atoms with Crippen LogP contribution in [0.15, 0.2) is 0 Å². The molecule has 0 saturated carbocycles. The van der Waals surface area contributed by atoms with Gasteiger partial charge >= 0.3 is 5.97 Å². The summed E-state index contributed by atoms with van der Waals surface area (Å²) in [5.41, 5.74) is 0. The van der Waals surface area contributed by atoms with Gasteiger partial charge in [0.25, 0.3) is 5.91 Å². The van der Waals surface area contributed by atoms with E-state index in [1.165, 1.54) is 0 Å². The molecule has 2 fully saturated rings. The summed E-state index contributed by atoms with van der Waals surface area (Å²) >= 11 is 0. The molecule has 5 heteroatoms. The quantitative estimate of drug-likeness (QED) is 0.843. The molecule has 3 atom stereocenters. The number of likely N-dealkylation sites (tertiary alicyclic amines) is 1. The number of hydrogen-bond acceptors (Lipinski definition) is 3. The van der Waals surface area contributed by atoms with Gasteiger partial charge in [-0.3, -0.25) is 9.59 Å². The third-order valence-corrected chi connectivity index (χ3v) is 4.10. The maximum atomic E-state index is 12.3. The van der Waals surface area contributed by atoms with E-state index in [1.54, 1.807) is 0 Å². The molecular formula is C14H23NO4. The first kappa shape index (κ1) is 14.3. The van der Waals surface area contributed by atoms with Crippen LogP contribution in [0.5, 0.6) is 0 Å². The van der Waals surface area contributed by atoms with Crippen LogP contribution in [0.2, 0.25) is 0 Å². The van der Waals surface area contributed by atoms with Crippen molar-refractivity contribution in [1.29, 1.82) is 0 Å². The highest BCUT2D eigenvalue weighted by molar-refractivity contribution is 5.81. The van der Waals surface area contributed by atoms with Gasteiger partial charge in [0.1, 0.15) is 6.10 Å². The van der Waals surface area contributed by atoms with Crippen LogP contribution >= 0.6 is 0 Å². The Bertz CT molecular complexity index is 344. The molecule has 1 amide bonds. The van der Waals surface area contributed by atoms with Gasteiger partial charge in [-0.25, -0.2) is 0 Å². The number of amides is 1. The summed E-state index contributed by atoms with van der Waals surface area (Å²) in [6.07, 6.45) is 4.54. The minimum atomic E-state index is -0.753. The molecule has 1 N–H and O–H groups in total. The summed E-state index contributed by atoms with van der Waals surface area (Å²) in [7, 11) is 0. The van der Waals surface area contributed by atoms with E-state index in [1.807, 2.05) is 11.8 Å². The lowest BCUT2D eigenvalue weighted by Crippen LogP contribution is -2.45. The molecule has 2 rings (SSSR count). The zero-order valence-electron chi connectivity index (χ0n) is 11.5. The Kier molecular flexibility index (Phi) is 4.80. The van der Waals surface area contributed by atoms with Crippen LogP contribution in [0.3, 0.4) is 0 Å². The smallest absolute Gasteiger partial charge is 0.303 e. The lowest BCUT2D eigenvalue weighted by atomic mass is 9.93. The number of nitrogens with zero attached hydrogens (tertiary/aromatic N) is 1. The molecule has 0 aliphatic carbocycles. The molecule has 19 heavy (non-hydrogen) atoms. The van der Waals surface area contributed by atoms with E-state index in [0.717, 1.165) is 32.2 Å². The van der Waals surface area contributed by atoms with Crippen LogP contribution in [0.25, 0.3) is 0 Å². The lowest BCUT2D eigenvalue weighted by Gasteiger charge is -2.34. The number of carbonyl (C=O) groups is 2. The van der Waals surface area contributed by atoms with E-state index in [-0.39, 0.29) is 24.5 Å². The normalized spacial score (nSPS) is 31.4. The summed E-state index contributed by atoms with van der Waals surface area (Å²) in [4.78, 5) is 24.8. The highest BCUT2D eigenvalue weighted by Crippen LogP contribution is 2.25. The Morgan fingerprint density at radius 3 is 2.74 bits per heavy atom. The first-order valence-electron chi connectivity index (χ1n) is 7.22. The number of carbonyl (C=O) groups excluding carboxylic acids is 1. The number of aliphatic carboxylic acids is 1. The van der Waals surface area contributed by atoms with Crippen molar-refractivity contribution in [3.05, 3.63) is 0 Å². The van der Waals surface area contributed by atoms with Gasteiger partial charge < -0.3 is 14.7 Å². The minimum Gasteiger partial charge on any atom is -0.481 e. The van der Waals surface area contributed by atoms with Gasteiger partial charge in [-0.15, -0.1) is 0 Å². The predicted molar refractivity (Wildman–Crippen MR) is 69.7 cm³/mol. The monoisotopic (exact) mass is 269 g/mol. The fourth-order valence-electron chi connectivity index (χ4n) is 3.02. The molecule has 1 unspecified atom stereocenters. The third kappa shape index (κ3) is 3.93. The van der Waals surface area contributed by atoms with Crippen LogP contribution in [0.4, 0.5) is 0 Å². The Labute approximate surface area is 113 Å². The molecule has 2 aliphatic heterocycles. The molecular weight excluding hydrogens is 246 g/mol. The number of hydrogen-bond donors (Lipinski definition) is 1. The largest absolute Gasteiger partial charge is 0.481 e. The van der Waals surface area contributed by atoms with Crippen molar-refractivity contribution in [2.24, 2.45) is 5.92 Å². The first-order valence-corrected chi connectivity index (χ1v) is 7.22. The van der Waals surface area contributed by atoms with E-state index in [4.69, 9.17) is 9.84 Å². The maximum Gasteiger partial charge on any atom is 0.303 e. The van der Waals surface area contributed by atoms with Gasteiger partial charge in [0.05, 0.1) is 6.10 Å². The maximum absolute atomic E-state index is 12.3. The number of rotatable bonds is 4. The summed E-state index contributed by atoms with van der Waals surface area (Å²) in [5, 5.41) is 8.72. The number of piperidine rings is 1. The van der Waals surface area contributed by atoms with Gasteiger partial charge in [-0.05, 0) is 44.9 Å². The van der Waals surface area contributed by atoms with Crippen LogP contribution in [0, 0.1) is 5.92 Å². The summed E-state index contributed by atoms with van der Waals surface area (Å²) in [6.45, 7) is 3.48. The van der Waals surface area contributed by atoms with Crippen molar-refractivity contribution in [3.8, 4) is 0 Å². The zero-order chi connectivity index (χ0) is 13.8. The average molecular weight is 269 g/mol. The topological polar surface area (TPSA) is 66.8 Å². The average Bonchev–Trinajstić information content (AvgIpc) is 2.82. The van der Waals surface area contributed by atoms with E-state index in [2.05, 4.69) is 0 Å². The van der Waals surface area contributed by atoms with Gasteiger partial charge in [0.2, 0.25) is 0 Å². The minimum absolute atomic E-state index is 0.101. The summed E-state index contributed by atoms with van der Waals surface area (Å²) in [6, 6.07) is 0. The molecule has 2 heterocycles. The van der Waals surface area contributed by atoms with E-state index >= 15 is 0 Å². The van der Waals surface area contributed by atoms with Gasteiger partial charge in [0.15, 0.2) is 0 Å². The second-order valence-electron chi connectivity index (χ2n) is 5.74. The van der Waals surface area contributed by atoms with Crippen molar-refractivity contribution in [3.63, 3.8) is 0 Å². The highest BCUT2D eigenvalue weighted by atomic mass is 16.5. The lowest BCUT2D eigenvalue weighted by molar-refractivity contribution is -0.144. The van der Waals surface area contributed by atoms with Crippen molar-refractivity contribution in [2.75, 3.05) is 13.1 Å². The second kappa shape index (κ2) is 6.37. The third-order valence-electron chi connectivity index (χ3n) is 4.10.